The van der Waals surface area contributed by atoms with Gasteiger partial charge in [0, 0.05) is 20.1 Å². The third-order valence-corrected chi connectivity index (χ3v) is 3.63. The van der Waals surface area contributed by atoms with Crippen LogP contribution in [0.5, 0.6) is 0 Å². The van der Waals surface area contributed by atoms with Crippen molar-refractivity contribution >= 4 is 28.8 Å². The molecule has 0 unspecified atom stereocenters. The molecule has 0 saturated carbocycles. The number of likely N-dealkylation sites (N-methyl/N-ethyl adjacent to an activating group) is 1. The van der Waals surface area contributed by atoms with Crippen LogP contribution in [0.3, 0.4) is 0 Å². The second-order valence-corrected chi connectivity index (χ2v) is 5.05. The Hall–Kier alpha value is -0.580. The van der Waals surface area contributed by atoms with Gasteiger partial charge in [-0.1, -0.05) is 11.6 Å². The molecule has 0 atom stereocenters. The van der Waals surface area contributed by atoms with E-state index >= 15 is 0 Å². The SMILES string of the molecule is CN(C(=O)c1ccc(Cl)s1)C1CNC1. The van der Waals surface area contributed by atoms with Gasteiger partial charge in [-0.2, -0.15) is 0 Å². The van der Waals surface area contributed by atoms with E-state index in [1.54, 1.807) is 17.0 Å². The fourth-order valence-electron chi connectivity index (χ4n) is 1.32. The smallest absolute Gasteiger partial charge is 0.264 e. The number of carbonyl (C=O) groups excluding carboxylic acids is 1. The third-order valence-electron chi connectivity index (χ3n) is 2.41. The van der Waals surface area contributed by atoms with Crippen LogP contribution < -0.4 is 5.32 Å². The van der Waals surface area contributed by atoms with Crippen molar-refractivity contribution in [3.63, 3.8) is 0 Å². The summed E-state index contributed by atoms with van der Waals surface area (Å²) in [4.78, 5) is 14.3. The van der Waals surface area contributed by atoms with Crippen LogP contribution in [-0.4, -0.2) is 37.0 Å². The van der Waals surface area contributed by atoms with Gasteiger partial charge in [-0.3, -0.25) is 4.79 Å². The average Bonchev–Trinajstić information content (AvgIpc) is 2.47. The van der Waals surface area contributed by atoms with Crippen molar-refractivity contribution in [1.29, 1.82) is 0 Å². The Morgan fingerprint density at radius 1 is 1.64 bits per heavy atom. The van der Waals surface area contributed by atoms with Crippen LogP contribution in [-0.2, 0) is 0 Å². The molecule has 0 bridgehead atoms. The number of nitrogens with zero attached hydrogens (tertiary/aromatic N) is 1. The summed E-state index contributed by atoms with van der Waals surface area (Å²) in [6.07, 6.45) is 0. The molecule has 1 aliphatic heterocycles. The Morgan fingerprint density at radius 3 is 2.79 bits per heavy atom. The first kappa shape index (κ1) is 9.96. The molecule has 5 heteroatoms. The first-order chi connectivity index (χ1) is 6.68. The number of hydrogen-bond acceptors (Lipinski definition) is 3. The van der Waals surface area contributed by atoms with E-state index in [1.807, 2.05) is 7.05 Å². The molecule has 1 aromatic rings. The zero-order valence-corrected chi connectivity index (χ0v) is 9.36. The maximum atomic E-state index is 11.8. The summed E-state index contributed by atoms with van der Waals surface area (Å²) in [6, 6.07) is 3.87. The molecule has 0 radical (unpaired) electrons. The van der Waals surface area contributed by atoms with Gasteiger partial charge >= 0.3 is 0 Å². The summed E-state index contributed by atoms with van der Waals surface area (Å²) in [7, 11) is 1.83. The molecule has 1 fully saturated rings. The highest BCUT2D eigenvalue weighted by Crippen LogP contribution is 2.23. The molecule has 76 valence electrons. The van der Waals surface area contributed by atoms with E-state index in [4.69, 9.17) is 11.6 Å². The molecular weight excluding hydrogens is 220 g/mol. The molecule has 1 aliphatic rings. The lowest BCUT2D eigenvalue weighted by molar-refractivity contribution is 0.0686. The third kappa shape index (κ3) is 1.78. The standard InChI is InChI=1S/C9H11ClN2OS/c1-12(6-4-11-5-6)9(13)7-2-3-8(10)14-7/h2-3,6,11H,4-5H2,1H3. The van der Waals surface area contributed by atoms with Gasteiger partial charge in [0.1, 0.15) is 0 Å². The van der Waals surface area contributed by atoms with E-state index in [0.29, 0.717) is 15.3 Å². The van der Waals surface area contributed by atoms with E-state index in [2.05, 4.69) is 5.32 Å². The van der Waals surface area contributed by atoms with Gasteiger partial charge in [-0.05, 0) is 12.1 Å². The van der Waals surface area contributed by atoms with Gasteiger partial charge in [0.05, 0.1) is 15.3 Å². The molecule has 1 N–H and O–H groups in total. The summed E-state index contributed by atoms with van der Waals surface area (Å²) in [5, 5.41) is 3.14. The molecule has 0 spiro atoms. The maximum absolute atomic E-state index is 11.8. The first-order valence-corrected chi connectivity index (χ1v) is 5.61. The van der Waals surface area contributed by atoms with Gasteiger partial charge in [0.25, 0.3) is 5.91 Å². The van der Waals surface area contributed by atoms with Crippen LogP contribution >= 0.6 is 22.9 Å². The van der Waals surface area contributed by atoms with E-state index in [1.165, 1.54) is 11.3 Å². The van der Waals surface area contributed by atoms with Crippen molar-refractivity contribution in [2.75, 3.05) is 20.1 Å². The second kappa shape index (κ2) is 3.88. The average molecular weight is 231 g/mol. The molecule has 1 aromatic heterocycles. The summed E-state index contributed by atoms with van der Waals surface area (Å²) in [6.45, 7) is 1.78. The topological polar surface area (TPSA) is 32.3 Å². The number of nitrogens with one attached hydrogen (secondary N) is 1. The zero-order valence-electron chi connectivity index (χ0n) is 7.79. The lowest BCUT2D eigenvalue weighted by Gasteiger charge is -2.35. The lowest BCUT2D eigenvalue weighted by atomic mass is 10.1. The molecule has 14 heavy (non-hydrogen) atoms. The molecule has 1 amide bonds. The van der Waals surface area contributed by atoms with Crippen LogP contribution in [0.4, 0.5) is 0 Å². The van der Waals surface area contributed by atoms with Crippen LogP contribution in [0, 0.1) is 0 Å². The van der Waals surface area contributed by atoms with Crippen molar-refractivity contribution in [3.8, 4) is 0 Å². The second-order valence-electron chi connectivity index (χ2n) is 3.33. The highest BCUT2D eigenvalue weighted by atomic mass is 35.5. The van der Waals surface area contributed by atoms with E-state index < -0.39 is 0 Å². The summed E-state index contributed by atoms with van der Waals surface area (Å²) < 4.78 is 0.661. The highest BCUT2D eigenvalue weighted by Gasteiger charge is 2.26. The zero-order chi connectivity index (χ0) is 10.1. The molecule has 2 rings (SSSR count). The molecule has 1 saturated heterocycles. The first-order valence-electron chi connectivity index (χ1n) is 4.41. The number of hydrogen-bond donors (Lipinski definition) is 1. The van der Waals surface area contributed by atoms with Crippen LogP contribution in [0.1, 0.15) is 9.67 Å². The summed E-state index contributed by atoms with van der Waals surface area (Å²) in [5.74, 6) is 0.0633. The minimum Gasteiger partial charge on any atom is -0.335 e. The normalized spacial score (nSPS) is 16.4. The fraction of sp³-hybridized carbons (Fsp3) is 0.444. The van der Waals surface area contributed by atoms with E-state index in [-0.39, 0.29) is 5.91 Å². The molecule has 3 nitrogen and oxygen atoms in total. The van der Waals surface area contributed by atoms with Gasteiger partial charge in [0.2, 0.25) is 0 Å². The monoisotopic (exact) mass is 230 g/mol. The Bertz CT molecular complexity index is 348. The van der Waals surface area contributed by atoms with Crippen molar-refractivity contribution in [2.24, 2.45) is 0 Å². The number of amides is 1. The largest absolute Gasteiger partial charge is 0.335 e. The Morgan fingerprint density at radius 2 is 2.36 bits per heavy atom. The molecular formula is C9H11ClN2OS. The van der Waals surface area contributed by atoms with Gasteiger partial charge in [-0.15, -0.1) is 11.3 Å². The van der Waals surface area contributed by atoms with E-state index in [0.717, 1.165) is 13.1 Å². The minimum atomic E-state index is 0.0633. The Kier molecular flexibility index (Phi) is 2.76. The molecule has 0 aliphatic carbocycles. The van der Waals surface area contributed by atoms with E-state index in [9.17, 15) is 4.79 Å². The summed E-state index contributed by atoms with van der Waals surface area (Å²) in [5.41, 5.74) is 0. The summed E-state index contributed by atoms with van der Waals surface area (Å²) >= 11 is 7.10. The lowest BCUT2D eigenvalue weighted by Crippen LogP contribution is -2.57. The van der Waals surface area contributed by atoms with Crippen molar-refractivity contribution in [2.45, 2.75) is 6.04 Å². The maximum Gasteiger partial charge on any atom is 0.264 e. The number of rotatable bonds is 2. The van der Waals surface area contributed by atoms with Crippen LogP contribution in [0.15, 0.2) is 12.1 Å². The van der Waals surface area contributed by atoms with Gasteiger partial charge in [0.15, 0.2) is 0 Å². The Balaban J connectivity index is 2.07. The van der Waals surface area contributed by atoms with Crippen molar-refractivity contribution < 1.29 is 4.79 Å². The minimum absolute atomic E-state index is 0.0633. The molecule has 0 aromatic carbocycles. The number of halogens is 1. The molecule has 2 heterocycles. The van der Waals surface area contributed by atoms with Crippen LogP contribution in [0.2, 0.25) is 4.34 Å². The predicted molar refractivity (Wildman–Crippen MR) is 58.1 cm³/mol. The van der Waals surface area contributed by atoms with Crippen molar-refractivity contribution in [3.05, 3.63) is 21.3 Å². The number of thiophene rings is 1. The van der Waals surface area contributed by atoms with Crippen molar-refractivity contribution in [1.82, 2.24) is 10.2 Å². The van der Waals surface area contributed by atoms with Gasteiger partial charge < -0.3 is 10.2 Å². The Labute approximate surface area is 91.7 Å². The van der Waals surface area contributed by atoms with Crippen LogP contribution in [0.25, 0.3) is 0 Å². The quantitative estimate of drug-likeness (QED) is 0.834. The predicted octanol–water partition coefficient (Wildman–Crippen LogP) is 1.45. The van der Waals surface area contributed by atoms with Gasteiger partial charge in [-0.25, -0.2) is 0 Å². The fourth-order valence-corrected chi connectivity index (χ4v) is 2.34. The number of carbonyl (C=O) groups is 1. The highest BCUT2D eigenvalue weighted by molar-refractivity contribution is 7.17.